The summed E-state index contributed by atoms with van der Waals surface area (Å²) in [6, 6.07) is 6.33. The van der Waals surface area contributed by atoms with Crippen LogP contribution in [0, 0.1) is 18.2 Å². The Morgan fingerprint density at radius 2 is 1.70 bits per heavy atom. The van der Waals surface area contributed by atoms with Crippen LogP contribution in [0.2, 0.25) is 0 Å². The lowest BCUT2D eigenvalue weighted by Gasteiger charge is -2.34. The van der Waals surface area contributed by atoms with Crippen LogP contribution < -0.4 is 5.32 Å². The molecule has 0 atom stereocenters. The molecule has 4 rings (SSSR count). The number of carbonyl (C=O) groups is 3. The van der Waals surface area contributed by atoms with E-state index in [4.69, 9.17) is 6.57 Å². The molecule has 1 saturated carbocycles. The lowest BCUT2D eigenvalue weighted by molar-refractivity contribution is -0.135. The molecular weight excluding hydrogens is 442 g/mol. The molecule has 2 aliphatic rings. The Morgan fingerprint density at radius 1 is 1.06 bits per heavy atom. The van der Waals surface area contributed by atoms with E-state index in [0.717, 1.165) is 12.1 Å². The van der Waals surface area contributed by atoms with Crippen LogP contribution >= 0.6 is 0 Å². The third-order valence-corrected chi connectivity index (χ3v) is 6.01. The van der Waals surface area contributed by atoms with Crippen LogP contribution in [0.4, 0.5) is 28.0 Å². The molecule has 1 saturated heterocycles. The maximum absolute atomic E-state index is 14.7. The normalized spacial score (nSPS) is 18.8. The lowest BCUT2D eigenvalue weighted by atomic mass is 9.80. The number of Topliss-reactive ketones (excluding diaryl/α,β-unsaturated/α-hetero) is 1. The lowest BCUT2D eigenvalue weighted by Crippen LogP contribution is -2.51. The number of ketones is 1. The highest BCUT2D eigenvalue weighted by Gasteiger charge is 2.55. The Hall–Kier alpha value is -3.74. The van der Waals surface area contributed by atoms with E-state index in [1.54, 1.807) is 0 Å². The molecule has 6 nitrogen and oxygen atoms in total. The summed E-state index contributed by atoms with van der Waals surface area (Å²) in [6.07, 6.45) is -1.69. The quantitative estimate of drug-likeness (QED) is 0.307. The van der Waals surface area contributed by atoms with E-state index >= 15 is 0 Å². The van der Waals surface area contributed by atoms with Gasteiger partial charge in [0, 0.05) is 18.4 Å². The van der Waals surface area contributed by atoms with Crippen LogP contribution in [0.1, 0.15) is 36.0 Å². The topological polar surface area (TPSA) is 70.8 Å². The van der Waals surface area contributed by atoms with Crippen LogP contribution in [-0.2, 0) is 4.79 Å². The maximum atomic E-state index is 14.7. The summed E-state index contributed by atoms with van der Waals surface area (Å²) in [6.45, 7) is 6.24. The number of nitrogens with one attached hydrogen (secondary N) is 1. The van der Waals surface area contributed by atoms with Crippen LogP contribution in [0.15, 0.2) is 36.4 Å². The Bertz CT molecular complexity index is 1190. The summed E-state index contributed by atoms with van der Waals surface area (Å²) in [5.74, 6) is -6.72. The molecule has 2 aromatic carbocycles. The third-order valence-electron chi connectivity index (χ3n) is 6.01. The number of halogens is 4. The van der Waals surface area contributed by atoms with Gasteiger partial charge in [-0.3, -0.25) is 14.5 Å². The van der Waals surface area contributed by atoms with E-state index in [9.17, 15) is 31.9 Å². The molecule has 1 spiro atoms. The van der Waals surface area contributed by atoms with Gasteiger partial charge in [0.1, 0.15) is 17.2 Å². The maximum Gasteiger partial charge on any atom is 0.325 e. The van der Waals surface area contributed by atoms with Crippen molar-refractivity contribution in [1.82, 2.24) is 10.2 Å². The number of imide groups is 1. The summed E-state index contributed by atoms with van der Waals surface area (Å²) < 4.78 is 56.4. The predicted octanol–water partition coefficient (Wildman–Crippen LogP) is 4.87. The number of amides is 3. The molecule has 0 radical (unpaired) electrons. The van der Waals surface area contributed by atoms with Crippen molar-refractivity contribution < 1.29 is 31.9 Å². The predicted molar refractivity (Wildman–Crippen MR) is 109 cm³/mol. The summed E-state index contributed by atoms with van der Waals surface area (Å²) >= 11 is 0. The van der Waals surface area contributed by atoms with Crippen LogP contribution in [0.5, 0.6) is 0 Å². The van der Waals surface area contributed by atoms with Crippen molar-refractivity contribution >= 4 is 23.4 Å². The smallest absolute Gasteiger partial charge is 0.323 e. The Balaban J connectivity index is 1.55. The molecule has 2 aromatic rings. The molecule has 170 valence electrons. The van der Waals surface area contributed by atoms with Gasteiger partial charge in [0.15, 0.2) is 11.5 Å². The number of alkyl halides is 2. The van der Waals surface area contributed by atoms with Crippen molar-refractivity contribution in [3.05, 3.63) is 65.0 Å². The van der Waals surface area contributed by atoms with Crippen LogP contribution in [0.25, 0.3) is 16.0 Å². The monoisotopic (exact) mass is 459 g/mol. The molecule has 0 bridgehead atoms. The zero-order valence-corrected chi connectivity index (χ0v) is 17.1. The van der Waals surface area contributed by atoms with E-state index < -0.39 is 71.3 Å². The molecule has 3 amide bonds. The molecule has 1 aliphatic heterocycles. The number of rotatable bonds is 4. The first kappa shape index (κ1) is 22.5. The zero-order valence-electron chi connectivity index (χ0n) is 17.1. The van der Waals surface area contributed by atoms with Gasteiger partial charge in [-0.15, -0.1) is 0 Å². The molecule has 33 heavy (non-hydrogen) atoms. The van der Waals surface area contributed by atoms with Gasteiger partial charge in [0.2, 0.25) is 5.92 Å². The average Bonchev–Trinajstić information content (AvgIpc) is 3.00. The van der Waals surface area contributed by atoms with E-state index in [-0.39, 0.29) is 24.1 Å². The number of hydrogen-bond acceptors (Lipinski definition) is 3. The first-order valence-corrected chi connectivity index (χ1v) is 10.1. The van der Waals surface area contributed by atoms with Gasteiger partial charge in [0.25, 0.3) is 5.91 Å². The number of benzene rings is 2. The number of urea groups is 1. The van der Waals surface area contributed by atoms with Gasteiger partial charge in [-0.05, 0) is 36.6 Å². The van der Waals surface area contributed by atoms with Crippen molar-refractivity contribution in [2.24, 2.45) is 0 Å². The summed E-state index contributed by atoms with van der Waals surface area (Å²) in [5, 5.41) is 2.41. The second-order valence-electron chi connectivity index (χ2n) is 8.16. The van der Waals surface area contributed by atoms with E-state index in [1.807, 2.05) is 0 Å². The van der Waals surface area contributed by atoms with Crippen molar-refractivity contribution in [1.29, 1.82) is 0 Å². The van der Waals surface area contributed by atoms with Gasteiger partial charge >= 0.3 is 6.03 Å². The third kappa shape index (κ3) is 4.06. The SMILES string of the molecule is [C-]#[N+]c1cccc(-c2c(F)cc(C(=O)CN3C(=O)NC4(CCC(F)(F)CC4)C3=O)cc2F)c1. The summed E-state index contributed by atoms with van der Waals surface area (Å²) in [5.41, 5.74) is -2.02. The zero-order chi connectivity index (χ0) is 24.0. The molecule has 1 aliphatic carbocycles. The first-order chi connectivity index (χ1) is 15.5. The number of carbonyl (C=O) groups excluding carboxylic acids is 3. The fraction of sp³-hybridized carbons (Fsp3) is 0.304. The van der Waals surface area contributed by atoms with E-state index in [2.05, 4.69) is 10.2 Å². The number of hydrogen-bond donors (Lipinski definition) is 1. The minimum absolute atomic E-state index is 0.114. The molecular formula is C23H17F4N3O3. The van der Waals surface area contributed by atoms with E-state index in [1.165, 1.54) is 24.3 Å². The minimum atomic E-state index is -2.93. The van der Waals surface area contributed by atoms with Crippen molar-refractivity contribution in [3.63, 3.8) is 0 Å². The molecule has 0 unspecified atom stereocenters. The van der Waals surface area contributed by atoms with Gasteiger partial charge in [0.05, 0.1) is 18.7 Å². The van der Waals surface area contributed by atoms with Crippen molar-refractivity contribution in [2.45, 2.75) is 37.1 Å². The van der Waals surface area contributed by atoms with Crippen LogP contribution in [0.3, 0.4) is 0 Å². The van der Waals surface area contributed by atoms with Gasteiger partial charge < -0.3 is 5.32 Å². The molecule has 10 heteroatoms. The van der Waals surface area contributed by atoms with Crippen molar-refractivity contribution in [3.8, 4) is 11.1 Å². The van der Waals surface area contributed by atoms with Crippen LogP contribution in [-0.4, -0.2) is 40.6 Å². The summed E-state index contributed by atoms with van der Waals surface area (Å²) in [7, 11) is 0. The highest BCUT2D eigenvalue weighted by atomic mass is 19.3. The fourth-order valence-corrected chi connectivity index (χ4v) is 4.18. The number of nitrogens with zero attached hydrogens (tertiary/aromatic N) is 2. The standard InChI is InChI=1S/C23H17F4N3O3/c1-28-15-4-2-3-13(9-15)19-16(24)10-14(11-17(19)25)18(31)12-30-20(32)22(29-21(30)33)5-7-23(26,27)8-6-22/h2-4,9-11H,5-8,12H2,(H,29,33). The molecule has 1 heterocycles. The second kappa shape index (κ2) is 7.99. The molecule has 0 aromatic heterocycles. The second-order valence-corrected chi connectivity index (χ2v) is 8.16. The van der Waals surface area contributed by atoms with Gasteiger partial charge in [-0.2, -0.15) is 0 Å². The largest absolute Gasteiger partial charge is 0.325 e. The van der Waals surface area contributed by atoms with Gasteiger partial charge in [-0.25, -0.2) is 27.2 Å². The Kier molecular flexibility index (Phi) is 5.44. The molecule has 1 N–H and O–H groups in total. The fourth-order valence-electron chi connectivity index (χ4n) is 4.18. The average molecular weight is 459 g/mol. The molecule has 2 fully saturated rings. The minimum Gasteiger partial charge on any atom is -0.323 e. The summed E-state index contributed by atoms with van der Waals surface area (Å²) in [4.78, 5) is 41.5. The highest BCUT2D eigenvalue weighted by molar-refractivity contribution is 6.11. The van der Waals surface area contributed by atoms with E-state index in [0.29, 0.717) is 4.90 Å². The Labute approximate surface area is 186 Å². The Morgan fingerprint density at radius 3 is 2.30 bits per heavy atom. The first-order valence-electron chi connectivity index (χ1n) is 10.1. The highest BCUT2D eigenvalue weighted by Crippen LogP contribution is 2.41. The van der Waals surface area contributed by atoms with Gasteiger partial charge in [-0.1, -0.05) is 18.2 Å². The van der Waals surface area contributed by atoms with Crippen molar-refractivity contribution in [2.75, 3.05) is 6.54 Å².